The molecule has 17 heavy (non-hydrogen) atoms. The summed E-state index contributed by atoms with van der Waals surface area (Å²) in [6.45, 7) is 6.16. The summed E-state index contributed by atoms with van der Waals surface area (Å²) in [7, 11) is 0. The summed E-state index contributed by atoms with van der Waals surface area (Å²) in [6, 6.07) is 10.4. The molecule has 0 saturated heterocycles. The Labute approximate surface area is 100 Å². The highest BCUT2D eigenvalue weighted by atomic mass is 14.7. The number of para-hydroxylation sites is 1. The molecule has 84 valence electrons. The lowest BCUT2D eigenvalue weighted by Gasteiger charge is -2.09. The predicted molar refractivity (Wildman–Crippen MR) is 71.3 cm³/mol. The summed E-state index contributed by atoms with van der Waals surface area (Å²) in [6.07, 6.45) is 0. The highest BCUT2D eigenvalue weighted by Crippen LogP contribution is 2.28. The van der Waals surface area contributed by atoms with E-state index in [2.05, 4.69) is 48.1 Å². The van der Waals surface area contributed by atoms with Gasteiger partial charge in [0.1, 0.15) is 0 Å². The standard InChI is InChI=1S/C15H14N2/c1-9-8-13-10(2)17-14-7-5-4-6-12(14)15(13)11(3)16-9/h4-8H,1-3H3. The molecular weight excluding hydrogens is 208 g/mol. The molecule has 0 bridgehead atoms. The average Bonchev–Trinajstić information content (AvgIpc) is 2.29. The number of hydrogen-bond acceptors (Lipinski definition) is 2. The first-order valence-electron chi connectivity index (χ1n) is 5.80. The van der Waals surface area contributed by atoms with Crippen molar-refractivity contribution < 1.29 is 0 Å². The van der Waals surface area contributed by atoms with Gasteiger partial charge in [-0.25, -0.2) is 0 Å². The minimum absolute atomic E-state index is 1.05. The SMILES string of the molecule is Cc1cc2c(C)nc3ccccc3c2c(C)n1. The van der Waals surface area contributed by atoms with Gasteiger partial charge in [-0.15, -0.1) is 0 Å². The van der Waals surface area contributed by atoms with Gasteiger partial charge in [0.15, 0.2) is 0 Å². The number of aryl methyl sites for hydroxylation is 3. The molecule has 3 aromatic rings. The van der Waals surface area contributed by atoms with Crippen LogP contribution in [0.1, 0.15) is 17.1 Å². The Kier molecular flexibility index (Phi) is 2.11. The van der Waals surface area contributed by atoms with E-state index in [1.807, 2.05) is 13.0 Å². The van der Waals surface area contributed by atoms with Crippen molar-refractivity contribution in [2.75, 3.05) is 0 Å². The third-order valence-electron chi connectivity index (χ3n) is 3.18. The lowest BCUT2D eigenvalue weighted by molar-refractivity contribution is 1.14. The molecule has 0 radical (unpaired) electrons. The summed E-state index contributed by atoms with van der Waals surface area (Å²) in [5.41, 5.74) is 4.26. The summed E-state index contributed by atoms with van der Waals surface area (Å²) in [4.78, 5) is 9.22. The third kappa shape index (κ3) is 1.48. The van der Waals surface area contributed by atoms with Gasteiger partial charge in [0, 0.05) is 33.2 Å². The zero-order valence-electron chi connectivity index (χ0n) is 10.3. The lowest BCUT2D eigenvalue weighted by Crippen LogP contribution is -1.94. The van der Waals surface area contributed by atoms with E-state index < -0.39 is 0 Å². The van der Waals surface area contributed by atoms with Gasteiger partial charge in [0.05, 0.1) is 5.52 Å². The maximum atomic E-state index is 4.66. The quantitative estimate of drug-likeness (QED) is 0.542. The molecule has 0 aliphatic rings. The molecule has 2 aromatic heterocycles. The number of pyridine rings is 2. The van der Waals surface area contributed by atoms with Gasteiger partial charge in [-0.2, -0.15) is 0 Å². The molecule has 0 saturated carbocycles. The van der Waals surface area contributed by atoms with Crippen LogP contribution in [0.3, 0.4) is 0 Å². The Balaban J connectivity index is 2.65. The van der Waals surface area contributed by atoms with Gasteiger partial charge in [-0.05, 0) is 32.9 Å². The van der Waals surface area contributed by atoms with E-state index in [1.54, 1.807) is 0 Å². The Morgan fingerprint density at radius 1 is 0.824 bits per heavy atom. The molecule has 2 nitrogen and oxygen atoms in total. The molecule has 0 unspecified atom stereocenters. The summed E-state index contributed by atoms with van der Waals surface area (Å²) in [5.74, 6) is 0. The Bertz CT molecular complexity index is 730. The van der Waals surface area contributed by atoms with Crippen molar-refractivity contribution in [1.29, 1.82) is 0 Å². The fraction of sp³-hybridized carbons (Fsp3) is 0.200. The van der Waals surface area contributed by atoms with Gasteiger partial charge in [-0.3, -0.25) is 9.97 Å². The van der Waals surface area contributed by atoms with Crippen molar-refractivity contribution >= 4 is 21.7 Å². The van der Waals surface area contributed by atoms with Gasteiger partial charge < -0.3 is 0 Å². The molecule has 0 atom stereocenters. The number of fused-ring (bicyclic) bond motifs is 3. The van der Waals surface area contributed by atoms with E-state index in [9.17, 15) is 0 Å². The first-order valence-corrected chi connectivity index (χ1v) is 5.80. The largest absolute Gasteiger partial charge is 0.258 e. The predicted octanol–water partition coefficient (Wildman–Crippen LogP) is 3.71. The number of aromatic nitrogens is 2. The van der Waals surface area contributed by atoms with Crippen molar-refractivity contribution in [2.24, 2.45) is 0 Å². The van der Waals surface area contributed by atoms with Crippen LogP contribution in [0.5, 0.6) is 0 Å². The number of benzene rings is 1. The molecule has 0 aliphatic carbocycles. The molecule has 2 heterocycles. The molecular formula is C15H14N2. The zero-order valence-corrected chi connectivity index (χ0v) is 10.3. The first-order chi connectivity index (χ1) is 8.16. The molecule has 2 heteroatoms. The second kappa shape index (κ2) is 3.52. The molecule has 3 rings (SSSR count). The van der Waals surface area contributed by atoms with Crippen molar-refractivity contribution in [3.05, 3.63) is 47.4 Å². The normalized spacial score (nSPS) is 11.2. The smallest absolute Gasteiger partial charge is 0.0712 e. The van der Waals surface area contributed by atoms with E-state index in [4.69, 9.17) is 0 Å². The van der Waals surface area contributed by atoms with Crippen LogP contribution in [0.4, 0.5) is 0 Å². The van der Waals surface area contributed by atoms with Crippen LogP contribution in [0.25, 0.3) is 21.7 Å². The van der Waals surface area contributed by atoms with E-state index in [-0.39, 0.29) is 0 Å². The van der Waals surface area contributed by atoms with Crippen LogP contribution in [-0.4, -0.2) is 9.97 Å². The van der Waals surface area contributed by atoms with E-state index >= 15 is 0 Å². The van der Waals surface area contributed by atoms with Gasteiger partial charge in [-0.1, -0.05) is 18.2 Å². The minimum Gasteiger partial charge on any atom is -0.258 e. The van der Waals surface area contributed by atoms with Crippen molar-refractivity contribution in [3.63, 3.8) is 0 Å². The van der Waals surface area contributed by atoms with Crippen LogP contribution >= 0.6 is 0 Å². The van der Waals surface area contributed by atoms with Gasteiger partial charge in [0.2, 0.25) is 0 Å². The van der Waals surface area contributed by atoms with Crippen LogP contribution in [0.2, 0.25) is 0 Å². The fourth-order valence-corrected chi connectivity index (χ4v) is 2.48. The fourth-order valence-electron chi connectivity index (χ4n) is 2.48. The van der Waals surface area contributed by atoms with E-state index in [1.165, 1.54) is 16.2 Å². The lowest BCUT2D eigenvalue weighted by atomic mass is 10.0. The van der Waals surface area contributed by atoms with Crippen LogP contribution in [0, 0.1) is 20.8 Å². The van der Waals surface area contributed by atoms with Crippen LogP contribution < -0.4 is 0 Å². The van der Waals surface area contributed by atoms with Crippen molar-refractivity contribution in [1.82, 2.24) is 9.97 Å². The number of rotatable bonds is 0. The third-order valence-corrected chi connectivity index (χ3v) is 3.18. The summed E-state index contributed by atoms with van der Waals surface area (Å²) >= 11 is 0. The Morgan fingerprint density at radius 2 is 1.59 bits per heavy atom. The summed E-state index contributed by atoms with van der Waals surface area (Å²) < 4.78 is 0. The first kappa shape index (κ1) is 10.2. The molecule has 0 fully saturated rings. The highest BCUT2D eigenvalue weighted by Gasteiger charge is 2.08. The molecule has 0 N–H and O–H groups in total. The molecule has 0 amide bonds. The number of hydrogen-bond donors (Lipinski definition) is 0. The second-order valence-electron chi connectivity index (χ2n) is 4.49. The minimum atomic E-state index is 1.05. The monoisotopic (exact) mass is 222 g/mol. The van der Waals surface area contributed by atoms with Crippen LogP contribution in [-0.2, 0) is 0 Å². The second-order valence-corrected chi connectivity index (χ2v) is 4.49. The van der Waals surface area contributed by atoms with Crippen LogP contribution in [0.15, 0.2) is 30.3 Å². The molecule has 0 aliphatic heterocycles. The maximum absolute atomic E-state index is 4.66. The van der Waals surface area contributed by atoms with Gasteiger partial charge >= 0.3 is 0 Å². The number of nitrogens with zero attached hydrogens (tertiary/aromatic N) is 2. The topological polar surface area (TPSA) is 25.8 Å². The van der Waals surface area contributed by atoms with E-state index in [0.29, 0.717) is 0 Å². The molecule has 1 aromatic carbocycles. The Morgan fingerprint density at radius 3 is 2.41 bits per heavy atom. The van der Waals surface area contributed by atoms with Gasteiger partial charge in [0.25, 0.3) is 0 Å². The molecule has 0 spiro atoms. The zero-order chi connectivity index (χ0) is 12.0. The van der Waals surface area contributed by atoms with Crippen molar-refractivity contribution in [2.45, 2.75) is 20.8 Å². The maximum Gasteiger partial charge on any atom is 0.0712 e. The highest BCUT2D eigenvalue weighted by molar-refractivity contribution is 6.07. The average molecular weight is 222 g/mol. The van der Waals surface area contributed by atoms with E-state index in [0.717, 1.165) is 22.6 Å². The summed E-state index contributed by atoms with van der Waals surface area (Å²) in [5, 5.41) is 3.64. The van der Waals surface area contributed by atoms with Crippen molar-refractivity contribution in [3.8, 4) is 0 Å². The Hall–Kier alpha value is -1.96.